The fourth-order valence-corrected chi connectivity index (χ4v) is 1.45. The quantitative estimate of drug-likeness (QED) is 0.568. The van der Waals surface area contributed by atoms with Crippen molar-refractivity contribution in [3.8, 4) is 5.75 Å². The van der Waals surface area contributed by atoms with Crippen LogP contribution in [0.25, 0.3) is 0 Å². The van der Waals surface area contributed by atoms with Gasteiger partial charge in [0.1, 0.15) is 5.56 Å². The number of benzene rings is 2. The third-order valence-electron chi connectivity index (χ3n) is 2.28. The summed E-state index contributed by atoms with van der Waals surface area (Å²) < 4.78 is 0. The van der Waals surface area contributed by atoms with Gasteiger partial charge in [0.15, 0.2) is 5.75 Å². The summed E-state index contributed by atoms with van der Waals surface area (Å²) in [6.07, 6.45) is 0. The second-order valence-corrected chi connectivity index (χ2v) is 3.63. The van der Waals surface area contributed by atoms with Crippen LogP contribution in [0.2, 0.25) is 0 Å². The maximum Gasteiger partial charge on any atom is 0.339 e. The minimum Gasteiger partial charge on any atom is -0.478 e. The van der Waals surface area contributed by atoms with Crippen LogP contribution in [0.4, 0.5) is 11.4 Å². The second-order valence-electron chi connectivity index (χ2n) is 3.63. The molecule has 0 atom stereocenters. The smallest absolute Gasteiger partial charge is 0.339 e. The van der Waals surface area contributed by atoms with Crippen molar-refractivity contribution in [1.82, 2.24) is 0 Å². The Labute approximate surface area is 104 Å². The van der Waals surface area contributed by atoms with E-state index in [9.17, 15) is 4.79 Å². The Hall–Kier alpha value is -2.69. The number of carboxylic acids is 1. The van der Waals surface area contributed by atoms with Crippen LogP contribution in [0.15, 0.2) is 48.5 Å². The lowest BCUT2D eigenvalue weighted by atomic mass is 10.2. The van der Waals surface area contributed by atoms with Crippen molar-refractivity contribution in [2.24, 2.45) is 0 Å². The third kappa shape index (κ3) is 2.70. The number of para-hydroxylation sites is 1. The molecule has 0 aromatic heterocycles. The van der Waals surface area contributed by atoms with Crippen LogP contribution in [-0.2, 0) is 0 Å². The molecular formula is C13H12N2O3. The number of carbonyl (C=O) groups is 1. The highest BCUT2D eigenvalue weighted by atomic mass is 16.6. The van der Waals surface area contributed by atoms with E-state index >= 15 is 0 Å². The van der Waals surface area contributed by atoms with E-state index in [0.717, 1.165) is 0 Å². The molecule has 0 aliphatic heterocycles. The molecule has 2 aromatic rings. The van der Waals surface area contributed by atoms with E-state index in [-0.39, 0.29) is 11.3 Å². The standard InChI is InChI=1S/C13H12N2O3/c14-9-4-3-5-10(8-9)15-18-12-7-2-1-6-11(12)13(16)17/h1-8,15H,14H2,(H,16,17). The average Bonchev–Trinajstić information content (AvgIpc) is 2.37. The van der Waals surface area contributed by atoms with E-state index < -0.39 is 5.97 Å². The Morgan fingerprint density at radius 1 is 1.17 bits per heavy atom. The Bertz CT molecular complexity index is 570. The minimum absolute atomic E-state index is 0.0916. The Kier molecular flexibility index (Phi) is 3.33. The number of nitrogens with two attached hydrogens (primary N) is 1. The van der Waals surface area contributed by atoms with E-state index in [1.54, 1.807) is 42.5 Å². The Morgan fingerprint density at radius 3 is 2.67 bits per heavy atom. The second kappa shape index (κ2) is 5.09. The van der Waals surface area contributed by atoms with Crippen LogP contribution >= 0.6 is 0 Å². The fraction of sp³-hybridized carbons (Fsp3) is 0. The molecule has 0 bridgehead atoms. The van der Waals surface area contributed by atoms with Crippen LogP contribution in [0.5, 0.6) is 5.75 Å². The van der Waals surface area contributed by atoms with Gasteiger partial charge in [-0.2, -0.15) is 0 Å². The van der Waals surface area contributed by atoms with Crippen LogP contribution < -0.4 is 16.1 Å². The number of nitrogen functional groups attached to an aromatic ring is 1. The predicted octanol–water partition coefficient (Wildman–Crippen LogP) is 2.37. The van der Waals surface area contributed by atoms with Crippen LogP contribution in [-0.4, -0.2) is 11.1 Å². The largest absolute Gasteiger partial charge is 0.478 e. The van der Waals surface area contributed by atoms with E-state index in [1.165, 1.54) is 6.07 Å². The van der Waals surface area contributed by atoms with Crippen LogP contribution in [0, 0.1) is 0 Å². The molecule has 92 valence electrons. The van der Waals surface area contributed by atoms with Gasteiger partial charge >= 0.3 is 5.97 Å². The zero-order valence-corrected chi connectivity index (χ0v) is 9.46. The monoisotopic (exact) mass is 244 g/mol. The van der Waals surface area contributed by atoms with E-state index in [4.69, 9.17) is 15.7 Å². The molecule has 0 spiro atoms. The maximum atomic E-state index is 11.0. The lowest BCUT2D eigenvalue weighted by Gasteiger charge is -2.10. The normalized spacial score (nSPS) is 9.78. The zero-order valence-electron chi connectivity index (χ0n) is 9.46. The van der Waals surface area contributed by atoms with Crippen molar-refractivity contribution in [3.05, 3.63) is 54.1 Å². The molecule has 0 saturated heterocycles. The molecule has 0 unspecified atom stereocenters. The van der Waals surface area contributed by atoms with E-state index in [0.29, 0.717) is 11.4 Å². The van der Waals surface area contributed by atoms with Crippen molar-refractivity contribution in [1.29, 1.82) is 0 Å². The first-order chi connectivity index (χ1) is 8.66. The lowest BCUT2D eigenvalue weighted by Crippen LogP contribution is -2.09. The highest BCUT2D eigenvalue weighted by Crippen LogP contribution is 2.19. The highest BCUT2D eigenvalue weighted by Gasteiger charge is 2.10. The molecule has 2 rings (SSSR count). The highest BCUT2D eigenvalue weighted by molar-refractivity contribution is 5.90. The first-order valence-corrected chi connectivity index (χ1v) is 5.27. The number of carboxylic acid groups (broad SMARTS) is 1. The van der Waals surface area contributed by atoms with Gasteiger partial charge in [-0.3, -0.25) is 0 Å². The number of anilines is 2. The SMILES string of the molecule is Nc1cccc(NOc2ccccc2C(=O)O)c1. The van der Waals surface area contributed by atoms with Gasteiger partial charge in [0, 0.05) is 5.69 Å². The Balaban J connectivity index is 2.13. The number of hydrogen-bond donors (Lipinski definition) is 3. The van der Waals surface area contributed by atoms with Crippen molar-refractivity contribution in [3.63, 3.8) is 0 Å². The number of aromatic carboxylic acids is 1. The van der Waals surface area contributed by atoms with Gasteiger partial charge in [0.2, 0.25) is 0 Å². The van der Waals surface area contributed by atoms with Crippen molar-refractivity contribution < 1.29 is 14.7 Å². The summed E-state index contributed by atoms with van der Waals surface area (Å²) in [5, 5.41) is 8.98. The Morgan fingerprint density at radius 2 is 1.94 bits per heavy atom. The number of nitrogens with one attached hydrogen (secondary N) is 1. The predicted molar refractivity (Wildman–Crippen MR) is 68.5 cm³/mol. The summed E-state index contributed by atoms with van der Waals surface area (Å²) in [5.74, 6) is -0.799. The molecule has 4 N–H and O–H groups in total. The van der Waals surface area contributed by atoms with Crippen molar-refractivity contribution >= 4 is 17.3 Å². The summed E-state index contributed by atoms with van der Waals surface area (Å²) in [6, 6.07) is 13.3. The van der Waals surface area contributed by atoms with Crippen molar-refractivity contribution in [2.75, 3.05) is 11.2 Å². The van der Waals surface area contributed by atoms with E-state index in [2.05, 4.69) is 5.48 Å². The molecule has 0 fully saturated rings. The molecule has 0 radical (unpaired) electrons. The number of hydrogen-bond acceptors (Lipinski definition) is 4. The molecule has 0 heterocycles. The summed E-state index contributed by atoms with van der Waals surface area (Å²) in [5.41, 5.74) is 9.60. The molecule has 0 saturated carbocycles. The molecule has 0 aliphatic carbocycles. The van der Waals surface area contributed by atoms with Crippen LogP contribution in [0.3, 0.4) is 0 Å². The van der Waals surface area contributed by atoms with Gasteiger partial charge in [0.05, 0.1) is 5.69 Å². The first-order valence-electron chi connectivity index (χ1n) is 5.27. The molecule has 0 amide bonds. The maximum absolute atomic E-state index is 11.0. The molecule has 5 heteroatoms. The number of rotatable bonds is 4. The van der Waals surface area contributed by atoms with Crippen molar-refractivity contribution in [2.45, 2.75) is 0 Å². The topological polar surface area (TPSA) is 84.6 Å². The van der Waals surface area contributed by atoms with Gasteiger partial charge in [0.25, 0.3) is 0 Å². The fourth-order valence-electron chi connectivity index (χ4n) is 1.45. The summed E-state index contributed by atoms with van der Waals surface area (Å²) in [4.78, 5) is 16.2. The summed E-state index contributed by atoms with van der Waals surface area (Å²) >= 11 is 0. The minimum atomic E-state index is -1.04. The summed E-state index contributed by atoms with van der Waals surface area (Å²) in [6.45, 7) is 0. The molecule has 5 nitrogen and oxygen atoms in total. The average molecular weight is 244 g/mol. The van der Waals surface area contributed by atoms with E-state index in [1.807, 2.05) is 0 Å². The summed E-state index contributed by atoms with van der Waals surface area (Å²) in [7, 11) is 0. The first kappa shape index (κ1) is 11.8. The van der Waals surface area contributed by atoms with Gasteiger partial charge in [-0.15, -0.1) is 0 Å². The zero-order chi connectivity index (χ0) is 13.0. The third-order valence-corrected chi connectivity index (χ3v) is 2.28. The van der Waals surface area contributed by atoms with Crippen LogP contribution in [0.1, 0.15) is 10.4 Å². The van der Waals surface area contributed by atoms with Gasteiger partial charge < -0.3 is 15.7 Å². The molecule has 2 aromatic carbocycles. The van der Waals surface area contributed by atoms with Gasteiger partial charge in [-0.1, -0.05) is 18.2 Å². The molecule has 18 heavy (non-hydrogen) atoms. The van der Waals surface area contributed by atoms with Gasteiger partial charge in [-0.25, -0.2) is 10.3 Å². The molecular weight excluding hydrogens is 232 g/mol. The lowest BCUT2D eigenvalue weighted by molar-refractivity contribution is 0.0693. The van der Waals surface area contributed by atoms with Gasteiger partial charge in [-0.05, 0) is 30.3 Å². The molecule has 0 aliphatic rings.